The fraction of sp³-hybridized carbons (Fsp3) is 0.571. The molecule has 0 N–H and O–H groups in total. The molecule has 2 aromatic heterocycles. The number of hydrogen-bond donors (Lipinski definition) is 0. The van der Waals surface area contributed by atoms with E-state index in [1.165, 1.54) is 38.5 Å². The Bertz CT molecular complexity index is 2600. The van der Waals surface area contributed by atoms with Crippen LogP contribution in [0.25, 0.3) is 0 Å². The van der Waals surface area contributed by atoms with Crippen LogP contribution < -0.4 is 14.7 Å². The minimum Gasteiger partial charge on any atom is -0.439 e. The van der Waals surface area contributed by atoms with Crippen molar-refractivity contribution in [1.82, 2.24) is 19.8 Å². The molecule has 3 aliphatic heterocycles. The summed E-state index contributed by atoms with van der Waals surface area (Å²) in [5.74, 6) is 1.74. The van der Waals surface area contributed by atoms with E-state index in [9.17, 15) is 35.9 Å². The van der Waals surface area contributed by atoms with Crippen molar-refractivity contribution in [3.8, 4) is 0 Å². The summed E-state index contributed by atoms with van der Waals surface area (Å²) in [5.41, 5.74) is 3.11. The standard InChI is InChI=1S/C30H39F3N4O2.C26H31BrF3N3O2/c1-4-36(25-10-6-5-7-11-25)28-23(17-26(18-34-28)35-12-8-9-13-35)19-37-21(3)27(39-29(37)38)22-14-20(2)15-24(16-22)30(31,32)33;1-4-32(22-8-6-5-7-9-22)24-19(13-21(27)14-31-24)15-33-17(3)23(35-25(33)34)18-10-16(2)11-20(12-18)26(28,29)30/h14-18,21,25,27H,4-13,19H2,1-3H3;10-14,17,22-23H,4-9,15H2,1-3H3/t21-,27-;17-,23-/m00/s1. The van der Waals surface area contributed by atoms with Gasteiger partial charge >= 0.3 is 24.5 Å². The molecule has 5 aliphatic rings. The van der Waals surface area contributed by atoms with Gasteiger partial charge in [0.05, 0.1) is 48.2 Å². The van der Waals surface area contributed by atoms with Crippen molar-refractivity contribution in [2.45, 2.75) is 180 Å². The van der Waals surface area contributed by atoms with Crippen molar-refractivity contribution < 1.29 is 45.4 Å². The van der Waals surface area contributed by atoms with Gasteiger partial charge in [-0.3, -0.25) is 9.80 Å². The number of aryl methyl sites for hydroxylation is 2. The van der Waals surface area contributed by atoms with Crippen LogP contribution >= 0.6 is 15.9 Å². The van der Waals surface area contributed by atoms with Gasteiger partial charge in [0.15, 0.2) is 0 Å². The van der Waals surface area contributed by atoms with Crippen LogP contribution in [-0.2, 0) is 34.9 Å². The van der Waals surface area contributed by atoms with E-state index in [0.717, 1.165) is 122 Å². The molecule has 4 atom stereocenters. The molecule has 402 valence electrons. The van der Waals surface area contributed by atoms with Gasteiger partial charge < -0.3 is 24.2 Å². The van der Waals surface area contributed by atoms with Crippen molar-refractivity contribution in [3.05, 3.63) is 110 Å². The lowest BCUT2D eigenvalue weighted by Gasteiger charge is -2.36. The molecule has 2 aliphatic carbocycles. The van der Waals surface area contributed by atoms with E-state index in [1.807, 2.05) is 26.1 Å². The minimum atomic E-state index is -4.47. The molecule has 18 heteroatoms. The molecule has 5 fully saturated rings. The quantitative estimate of drug-likeness (QED) is 0.121. The smallest absolute Gasteiger partial charge is 0.416 e. The molecular formula is C56H70BrF6N7O4. The van der Waals surface area contributed by atoms with Crippen molar-refractivity contribution in [1.29, 1.82) is 0 Å². The number of hydrogen-bond acceptors (Lipinski definition) is 9. The van der Waals surface area contributed by atoms with Gasteiger partial charge in [0.2, 0.25) is 0 Å². The first-order valence-electron chi connectivity index (χ1n) is 26.5. The molecule has 74 heavy (non-hydrogen) atoms. The molecule has 0 spiro atoms. The number of rotatable bonds is 13. The molecule has 2 aromatic carbocycles. The van der Waals surface area contributed by atoms with Crippen molar-refractivity contribution in [3.63, 3.8) is 0 Å². The van der Waals surface area contributed by atoms with E-state index < -0.39 is 60.0 Å². The lowest BCUT2D eigenvalue weighted by molar-refractivity contribution is -0.138. The molecular weight excluding hydrogens is 1030 g/mol. The monoisotopic (exact) mass is 1100 g/mol. The van der Waals surface area contributed by atoms with Crippen molar-refractivity contribution in [2.24, 2.45) is 0 Å². The van der Waals surface area contributed by atoms with Crippen LogP contribution in [0.15, 0.2) is 65.4 Å². The minimum absolute atomic E-state index is 0.263. The average molecular weight is 1100 g/mol. The van der Waals surface area contributed by atoms with Crippen LogP contribution in [0, 0.1) is 13.8 Å². The van der Waals surface area contributed by atoms with E-state index in [0.29, 0.717) is 40.9 Å². The van der Waals surface area contributed by atoms with E-state index >= 15 is 0 Å². The van der Waals surface area contributed by atoms with Gasteiger partial charge in [-0.2, -0.15) is 26.3 Å². The maximum Gasteiger partial charge on any atom is 0.416 e. The SMILES string of the molecule is CCN(c1ncc(Br)cc1CN1C(=O)O[C@H](c2cc(C)cc(C(F)(F)F)c2)[C@@H]1C)C1CCCCC1.CCN(c1ncc(N2CCCC2)cc1CN1C(=O)O[C@H](c2cc(C)cc(C(F)(F)F)c2)[C@@H]1C)C1CCCCC1. The van der Waals surface area contributed by atoms with Crippen LogP contribution in [-0.4, -0.2) is 82.3 Å². The molecule has 5 heterocycles. The lowest BCUT2D eigenvalue weighted by atomic mass is 9.94. The second-order valence-corrected chi connectivity index (χ2v) is 21.7. The zero-order valence-corrected chi connectivity index (χ0v) is 45.0. The molecule has 9 rings (SSSR count). The van der Waals surface area contributed by atoms with Crippen molar-refractivity contribution in [2.75, 3.05) is 40.9 Å². The number of alkyl halides is 6. The molecule has 0 radical (unpaired) electrons. The predicted molar refractivity (Wildman–Crippen MR) is 278 cm³/mol. The Hall–Kier alpha value is -5.26. The van der Waals surface area contributed by atoms with E-state index in [4.69, 9.17) is 19.4 Å². The largest absolute Gasteiger partial charge is 0.439 e. The summed E-state index contributed by atoms with van der Waals surface area (Å²) in [6.45, 7) is 15.3. The molecule has 4 aromatic rings. The van der Waals surface area contributed by atoms with Gasteiger partial charge in [-0.25, -0.2) is 19.6 Å². The Balaban J connectivity index is 0.000000198. The summed E-state index contributed by atoms with van der Waals surface area (Å²) in [6.07, 6.45) is 6.26. The maximum atomic E-state index is 13.5. The number of benzene rings is 2. The van der Waals surface area contributed by atoms with Gasteiger partial charge in [0.25, 0.3) is 0 Å². The van der Waals surface area contributed by atoms with E-state index in [2.05, 4.69) is 50.5 Å². The summed E-state index contributed by atoms with van der Waals surface area (Å²) in [5, 5.41) is 0. The number of aromatic nitrogens is 2. The highest BCUT2D eigenvalue weighted by Gasteiger charge is 2.44. The highest BCUT2D eigenvalue weighted by molar-refractivity contribution is 9.10. The highest BCUT2D eigenvalue weighted by atomic mass is 79.9. The normalized spacial score (nSPS) is 21.9. The van der Waals surface area contributed by atoms with Crippen LogP contribution in [0.1, 0.15) is 161 Å². The maximum absolute atomic E-state index is 13.5. The van der Waals surface area contributed by atoms with Gasteiger partial charge in [-0.05, 0) is 144 Å². The summed E-state index contributed by atoms with van der Waals surface area (Å²) >= 11 is 3.50. The molecule has 0 unspecified atom stereocenters. The predicted octanol–water partition coefficient (Wildman–Crippen LogP) is 14.7. The highest BCUT2D eigenvalue weighted by Crippen LogP contribution is 2.42. The topological polar surface area (TPSA) is 94.6 Å². The first kappa shape index (κ1) is 55.0. The zero-order chi connectivity index (χ0) is 53.1. The molecule has 2 amide bonds. The molecule has 0 bridgehead atoms. The number of amides is 2. The Morgan fingerprint density at radius 3 is 1.43 bits per heavy atom. The van der Waals surface area contributed by atoms with Gasteiger partial charge in [-0.15, -0.1) is 0 Å². The summed E-state index contributed by atoms with van der Waals surface area (Å²) in [4.78, 5) is 46.0. The average Bonchev–Trinajstić information content (AvgIpc) is 4.08. The fourth-order valence-corrected chi connectivity index (χ4v) is 12.2. The second-order valence-electron chi connectivity index (χ2n) is 20.8. The summed E-state index contributed by atoms with van der Waals surface area (Å²) in [6, 6.07) is 11.8. The van der Waals surface area contributed by atoms with Crippen LogP contribution in [0.5, 0.6) is 0 Å². The van der Waals surface area contributed by atoms with Gasteiger partial charge in [-0.1, -0.05) is 61.8 Å². The van der Waals surface area contributed by atoms with Gasteiger partial charge in [0, 0.05) is 60.1 Å². The van der Waals surface area contributed by atoms with E-state index in [1.54, 1.807) is 42.0 Å². The zero-order valence-electron chi connectivity index (χ0n) is 43.4. The van der Waals surface area contributed by atoms with Crippen LogP contribution in [0.2, 0.25) is 0 Å². The Morgan fingerprint density at radius 2 is 1.01 bits per heavy atom. The van der Waals surface area contributed by atoms with Crippen molar-refractivity contribution >= 4 is 45.4 Å². The van der Waals surface area contributed by atoms with E-state index in [-0.39, 0.29) is 6.54 Å². The third-order valence-corrected chi connectivity index (χ3v) is 16.0. The van der Waals surface area contributed by atoms with Crippen LogP contribution in [0.3, 0.4) is 0 Å². The molecule has 11 nitrogen and oxygen atoms in total. The first-order valence-corrected chi connectivity index (χ1v) is 27.3. The van der Waals surface area contributed by atoms with Crippen LogP contribution in [0.4, 0.5) is 53.3 Å². The Labute approximate surface area is 440 Å². The summed E-state index contributed by atoms with van der Waals surface area (Å²) < 4.78 is 92.8. The molecule has 2 saturated carbocycles. The molecule has 3 saturated heterocycles. The van der Waals surface area contributed by atoms with Gasteiger partial charge in [0.1, 0.15) is 23.8 Å². The number of pyridine rings is 2. The first-order chi connectivity index (χ1) is 35.2. The number of carbonyl (C=O) groups excluding carboxylic acids is 2. The number of ether oxygens (including phenoxy) is 2. The number of nitrogens with zero attached hydrogens (tertiary/aromatic N) is 7. The lowest BCUT2D eigenvalue weighted by Crippen LogP contribution is -2.39. The third kappa shape index (κ3) is 12.5. The fourth-order valence-electron chi connectivity index (χ4n) is 11.8. The Morgan fingerprint density at radius 1 is 0.595 bits per heavy atom. The number of halogens is 7. The summed E-state index contributed by atoms with van der Waals surface area (Å²) in [7, 11) is 0. The second kappa shape index (κ2) is 23.3. The number of carbonyl (C=O) groups is 2. The Kier molecular flexibility index (Phi) is 17.3. The number of anilines is 3. The number of cyclic esters (lactones) is 2. The third-order valence-electron chi connectivity index (χ3n) is 15.5.